The Bertz CT molecular complexity index is 494. The number of hydrogen-bond donors (Lipinski definition) is 0. The van der Waals surface area contributed by atoms with Crippen LogP contribution in [0.1, 0.15) is 21.9 Å². The van der Waals surface area contributed by atoms with E-state index in [2.05, 4.69) is 9.97 Å². The van der Waals surface area contributed by atoms with Gasteiger partial charge in [0.15, 0.2) is 5.78 Å². The van der Waals surface area contributed by atoms with Crippen LogP contribution in [0.3, 0.4) is 0 Å². The van der Waals surface area contributed by atoms with Gasteiger partial charge in [0.2, 0.25) is 0 Å². The number of hydrogen-bond acceptors (Lipinski definition) is 3. The van der Waals surface area contributed by atoms with Crippen LogP contribution in [0.2, 0.25) is 0 Å². The smallest absolute Gasteiger partial charge is 0.187 e. The van der Waals surface area contributed by atoms with Crippen molar-refractivity contribution in [1.29, 1.82) is 0 Å². The van der Waals surface area contributed by atoms with E-state index in [-0.39, 0.29) is 5.78 Å². The summed E-state index contributed by atoms with van der Waals surface area (Å²) in [5, 5.41) is 0. The van der Waals surface area contributed by atoms with Crippen molar-refractivity contribution in [3.63, 3.8) is 0 Å². The molecule has 2 rings (SSSR count). The second-order valence-electron chi connectivity index (χ2n) is 3.59. The third-order valence-corrected chi connectivity index (χ3v) is 2.24. The first-order chi connectivity index (χ1) is 7.75. The van der Waals surface area contributed by atoms with E-state index < -0.39 is 0 Å². The van der Waals surface area contributed by atoms with Gasteiger partial charge in [0, 0.05) is 17.6 Å². The van der Waals surface area contributed by atoms with Crippen molar-refractivity contribution in [1.82, 2.24) is 9.97 Å². The first kappa shape index (κ1) is 10.5. The number of carbonyl (C=O) groups is 1. The molecule has 0 saturated carbocycles. The number of aromatic nitrogens is 2. The standard InChI is InChI=1S/C13H12N2O/c1-10-5-4-6-11(15-10)9-13(16)12-7-2-3-8-14-12/h2-8H,9H2,1H3. The van der Waals surface area contributed by atoms with Crippen LogP contribution in [0.15, 0.2) is 42.6 Å². The maximum absolute atomic E-state index is 11.8. The van der Waals surface area contributed by atoms with Crippen molar-refractivity contribution in [2.45, 2.75) is 13.3 Å². The molecule has 16 heavy (non-hydrogen) atoms. The molecule has 0 atom stereocenters. The van der Waals surface area contributed by atoms with E-state index in [1.54, 1.807) is 18.3 Å². The average Bonchev–Trinajstić information content (AvgIpc) is 2.30. The maximum Gasteiger partial charge on any atom is 0.187 e. The Labute approximate surface area is 94.2 Å². The van der Waals surface area contributed by atoms with Crippen LogP contribution in [0, 0.1) is 6.92 Å². The molecule has 0 N–H and O–H groups in total. The molecule has 0 aliphatic heterocycles. The fraction of sp³-hybridized carbons (Fsp3) is 0.154. The monoisotopic (exact) mass is 212 g/mol. The maximum atomic E-state index is 11.8. The number of nitrogens with zero attached hydrogens (tertiary/aromatic N) is 2. The quantitative estimate of drug-likeness (QED) is 0.732. The highest BCUT2D eigenvalue weighted by molar-refractivity contribution is 5.95. The second kappa shape index (κ2) is 4.66. The summed E-state index contributed by atoms with van der Waals surface area (Å²) in [6.07, 6.45) is 1.93. The fourth-order valence-electron chi connectivity index (χ4n) is 1.48. The van der Waals surface area contributed by atoms with Crippen LogP contribution in [-0.4, -0.2) is 15.8 Å². The Morgan fingerprint density at radius 2 is 2.06 bits per heavy atom. The van der Waals surface area contributed by atoms with E-state index in [4.69, 9.17) is 0 Å². The Morgan fingerprint density at radius 3 is 2.75 bits per heavy atom. The number of Topliss-reactive ketones (excluding diaryl/α,β-unsaturated/α-hetero) is 1. The van der Waals surface area contributed by atoms with E-state index in [1.165, 1.54) is 0 Å². The molecule has 0 fully saturated rings. The number of aryl methyl sites for hydroxylation is 1. The molecular formula is C13H12N2O. The minimum absolute atomic E-state index is 0.00120. The number of rotatable bonds is 3. The summed E-state index contributed by atoms with van der Waals surface area (Å²) >= 11 is 0. The van der Waals surface area contributed by atoms with Crippen molar-refractivity contribution in [2.24, 2.45) is 0 Å². The van der Waals surface area contributed by atoms with Crippen molar-refractivity contribution in [3.8, 4) is 0 Å². The van der Waals surface area contributed by atoms with Gasteiger partial charge in [-0.1, -0.05) is 12.1 Å². The van der Waals surface area contributed by atoms with Gasteiger partial charge < -0.3 is 0 Å². The van der Waals surface area contributed by atoms with Gasteiger partial charge in [-0.05, 0) is 31.2 Å². The van der Waals surface area contributed by atoms with Crippen LogP contribution in [0.4, 0.5) is 0 Å². The first-order valence-corrected chi connectivity index (χ1v) is 5.12. The summed E-state index contributed by atoms with van der Waals surface area (Å²) in [5.41, 5.74) is 2.20. The lowest BCUT2D eigenvalue weighted by atomic mass is 10.1. The summed E-state index contributed by atoms with van der Waals surface area (Å²) in [7, 11) is 0. The van der Waals surface area contributed by atoms with Gasteiger partial charge in [-0.25, -0.2) is 0 Å². The number of ketones is 1. The molecule has 2 heterocycles. The Kier molecular flexibility index (Phi) is 3.05. The van der Waals surface area contributed by atoms with Gasteiger partial charge in [0.05, 0.1) is 6.42 Å². The Morgan fingerprint density at radius 1 is 1.19 bits per heavy atom. The number of pyridine rings is 2. The van der Waals surface area contributed by atoms with Crippen LogP contribution < -0.4 is 0 Å². The summed E-state index contributed by atoms with van der Waals surface area (Å²) < 4.78 is 0. The first-order valence-electron chi connectivity index (χ1n) is 5.12. The Hall–Kier alpha value is -2.03. The van der Waals surface area contributed by atoms with Crippen LogP contribution in [-0.2, 0) is 6.42 Å². The van der Waals surface area contributed by atoms with E-state index in [1.807, 2.05) is 31.2 Å². The van der Waals surface area contributed by atoms with E-state index in [0.29, 0.717) is 12.1 Å². The third kappa shape index (κ3) is 2.51. The summed E-state index contributed by atoms with van der Waals surface area (Å²) in [5.74, 6) is -0.00120. The largest absolute Gasteiger partial charge is 0.292 e. The highest BCUT2D eigenvalue weighted by atomic mass is 16.1. The molecule has 0 spiro atoms. The molecule has 80 valence electrons. The van der Waals surface area contributed by atoms with Crippen LogP contribution in [0.5, 0.6) is 0 Å². The highest BCUT2D eigenvalue weighted by Crippen LogP contribution is 2.04. The summed E-state index contributed by atoms with van der Waals surface area (Å²) in [4.78, 5) is 20.1. The molecule has 0 saturated heterocycles. The van der Waals surface area contributed by atoms with Gasteiger partial charge in [-0.3, -0.25) is 14.8 Å². The average molecular weight is 212 g/mol. The minimum atomic E-state index is -0.00120. The number of carbonyl (C=O) groups excluding carboxylic acids is 1. The molecule has 3 heteroatoms. The molecule has 3 nitrogen and oxygen atoms in total. The molecule has 0 radical (unpaired) electrons. The van der Waals surface area contributed by atoms with E-state index in [9.17, 15) is 4.79 Å². The molecule has 2 aromatic heterocycles. The molecule has 0 bridgehead atoms. The highest BCUT2D eigenvalue weighted by Gasteiger charge is 2.08. The molecule has 0 aromatic carbocycles. The Balaban J connectivity index is 2.14. The van der Waals surface area contributed by atoms with Crippen molar-refractivity contribution in [2.75, 3.05) is 0 Å². The van der Waals surface area contributed by atoms with Crippen molar-refractivity contribution in [3.05, 3.63) is 59.7 Å². The lowest BCUT2D eigenvalue weighted by molar-refractivity contribution is 0.0987. The topological polar surface area (TPSA) is 42.9 Å². The summed E-state index contributed by atoms with van der Waals surface area (Å²) in [6.45, 7) is 1.91. The molecule has 2 aromatic rings. The predicted octanol–water partition coefficient (Wildman–Crippen LogP) is 2.21. The normalized spacial score (nSPS) is 10.1. The molecule has 0 amide bonds. The SMILES string of the molecule is Cc1cccc(CC(=O)c2ccccn2)n1. The zero-order chi connectivity index (χ0) is 11.4. The van der Waals surface area contributed by atoms with E-state index >= 15 is 0 Å². The molecule has 0 aliphatic carbocycles. The van der Waals surface area contributed by atoms with E-state index in [0.717, 1.165) is 11.4 Å². The minimum Gasteiger partial charge on any atom is -0.292 e. The molecular weight excluding hydrogens is 200 g/mol. The molecule has 0 aliphatic rings. The predicted molar refractivity (Wildman–Crippen MR) is 61.2 cm³/mol. The van der Waals surface area contributed by atoms with Crippen LogP contribution in [0.25, 0.3) is 0 Å². The lowest BCUT2D eigenvalue weighted by Crippen LogP contribution is -2.07. The molecule has 0 unspecified atom stereocenters. The van der Waals surface area contributed by atoms with Crippen LogP contribution >= 0.6 is 0 Å². The zero-order valence-corrected chi connectivity index (χ0v) is 9.05. The lowest BCUT2D eigenvalue weighted by Gasteiger charge is -2.00. The van der Waals surface area contributed by atoms with Gasteiger partial charge in [0.1, 0.15) is 5.69 Å². The van der Waals surface area contributed by atoms with Crippen molar-refractivity contribution < 1.29 is 4.79 Å². The van der Waals surface area contributed by atoms with Crippen molar-refractivity contribution >= 4 is 5.78 Å². The van der Waals surface area contributed by atoms with Gasteiger partial charge in [-0.2, -0.15) is 0 Å². The van der Waals surface area contributed by atoms with Gasteiger partial charge in [-0.15, -0.1) is 0 Å². The van der Waals surface area contributed by atoms with Gasteiger partial charge in [0.25, 0.3) is 0 Å². The third-order valence-electron chi connectivity index (χ3n) is 2.24. The summed E-state index contributed by atoms with van der Waals surface area (Å²) in [6, 6.07) is 11.0. The zero-order valence-electron chi connectivity index (χ0n) is 9.05. The van der Waals surface area contributed by atoms with Gasteiger partial charge >= 0.3 is 0 Å². The second-order valence-corrected chi connectivity index (χ2v) is 3.59. The fourth-order valence-corrected chi connectivity index (χ4v) is 1.48.